The van der Waals surface area contributed by atoms with Crippen LogP contribution in [0, 0.1) is 13.8 Å². The molecular formula is C11H15BrN2. The van der Waals surface area contributed by atoms with Gasteiger partial charge in [0.05, 0.1) is 5.52 Å². The molecule has 0 atom stereocenters. The Morgan fingerprint density at radius 2 is 1.86 bits per heavy atom. The Hall–Kier alpha value is -0.830. The molecular weight excluding hydrogens is 240 g/mol. The quantitative estimate of drug-likeness (QED) is 0.758. The highest BCUT2D eigenvalue weighted by atomic mass is 79.9. The second-order valence-electron chi connectivity index (χ2n) is 2.97. The van der Waals surface area contributed by atoms with E-state index >= 15 is 0 Å². The zero-order valence-electron chi connectivity index (χ0n) is 8.98. The normalized spacial score (nSPS) is 9.79. The number of fused-ring (bicyclic) bond motifs is 1. The maximum absolute atomic E-state index is 4.17. The molecule has 1 aromatic heterocycles. The fraction of sp³-hybridized carbons (Fsp3) is 0.364. The lowest BCUT2D eigenvalue weighted by atomic mass is 10.1. The van der Waals surface area contributed by atoms with Gasteiger partial charge in [0.15, 0.2) is 0 Å². The molecule has 0 aliphatic heterocycles. The van der Waals surface area contributed by atoms with Crippen LogP contribution >= 0.6 is 15.9 Å². The molecule has 0 radical (unpaired) electrons. The Labute approximate surface area is 92.8 Å². The van der Waals surface area contributed by atoms with Crippen LogP contribution in [0.1, 0.15) is 25.1 Å². The summed E-state index contributed by atoms with van der Waals surface area (Å²) >= 11 is 3.49. The number of halogens is 1. The van der Waals surface area contributed by atoms with Gasteiger partial charge < -0.3 is 0 Å². The summed E-state index contributed by atoms with van der Waals surface area (Å²) in [6.45, 7) is 8.09. The van der Waals surface area contributed by atoms with Gasteiger partial charge in [0, 0.05) is 15.6 Å². The minimum absolute atomic E-state index is 1.04. The van der Waals surface area contributed by atoms with Crippen LogP contribution in [-0.2, 0) is 0 Å². The van der Waals surface area contributed by atoms with Crippen molar-refractivity contribution in [1.82, 2.24) is 10.2 Å². The van der Waals surface area contributed by atoms with Crippen molar-refractivity contribution in [3.63, 3.8) is 0 Å². The minimum atomic E-state index is 1.04. The highest BCUT2D eigenvalue weighted by Gasteiger charge is 2.03. The molecule has 14 heavy (non-hydrogen) atoms. The van der Waals surface area contributed by atoms with E-state index in [0.29, 0.717) is 0 Å². The van der Waals surface area contributed by atoms with Gasteiger partial charge in [0.2, 0.25) is 0 Å². The number of aromatic nitrogens is 2. The van der Waals surface area contributed by atoms with Gasteiger partial charge in [-0.05, 0) is 31.5 Å². The van der Waals surface area contributed by atoms with E-state index in [1.54, 1.807) is 0 Å². The summed E-state index contributed by atoms with van der Waals surface area (Å²) in [4.78, 5) is 0. The second kappa shape index (κ2) is 4.60. The van der Waals surface area contributed by atoms with E-state index in [1.165, 1.54) is 10.9 Å². The number of hydrogen-bond donors (Lipinski definition) is 1. The molecule has 0 saturated carbocycles. The van der Waals surface area contributed by atoms with E-state index in [9.17, 15) is 0 Å². The third-order valence-corrected chi connectivity index (χ3v) is 2.88. The first-order chi connectivity index (χ1) is 6.68. The number of nitrogens with zero attached hydrogens (tertiary/aromatic N) is 1. The van der Waals surface area contributed by atoms with Crippen molar-refractivity contribution in [3.05, 3.63) is 27.9 Å². The molecule has 0 amide bonds. The number of nitrogens with one attached hydrogen (secondary N) is 1. The van der Waals surface area contributed by atoms with Crippen molar-refractivity contribution in [3.8, 4) is 0 Å². The largest absolute Gasteiger partial charge is 0.282 e. The third-order valence-electron chi connectivity index (χ3n) is 2.03. The number of rotatable bonds is 0. The van der Waals surface area contributed by atoms with Gasteiger partial charge in [0.1, 0.15) is 0 Å². The van der Waals surface area contributed by atoms with Crippen LogP contribution in [-0.4, -0.2) is 10.2 Å². The fourth-order valence-electron chi connectivity index (χ4n) is 1.26. The fourth-order valence-corrected chi connectivity index (χ4v) is 1.61. The van der Waals surface area contributed by atoms with E-state index in [4.69, 9.17) is 0 Å². The lowest BCUT2D eigenvalue weighted by molar-refractivity contribution is 1.07. The smallest absolute Gasteiger partial charge is 0.0927 e. The van der Waals surface area contributed by atoms with E-state index in [0.717, 1.165) is 15.7 Å². The lowest BCUT2D eigenvalue weighted by Gasteiger charge is -1.96. The predicted molar refractivity (Wildman–Crippen MR) is 64.6 cm³/mol. The average Bonchev–Trinajstić information content (AvgIpc) is 2.53. The van der Waals surface area contributed by atoms with E-state index in [1.807, 2.05) is 20.8 Å². The first-order valence-electron chi connectivity index (χ1n) is 4.79. The van der Waals surface area contributed by atoms with Crippen LogP contribution in [0.3, 0.4) is 0 Å². The Morgan fingerprint density at radius 1 is 1.21 bits per heavy atom. The Morgan fingerprint density at radius 3 is 2.50 bits per heavy atom. The zero-order valence-corrected chi connectivity index (χ0v) is 10.6. The molecule has 0 saturated heterocycles. The molecule has 2 rings (SSSR count). The summed E-state index contributed by atoms with van der Waals surface area (Å²) < 4.78 is 1.14. The molecule has 0 bridgehead atoms. The first kappa shape index (κ1) is 11.2. The third kappa shape index (κ3) is 1.98. The monoisotopic (exact) mass is 254 g/mol. The maximum atomic E-state index is 4.17. The average molecular weight is 255 g/mol. The van der Waals surface area contributed by atoms with Crippen LogP contribution < -0.4 is 0 Å². The molecule has 1 N–H and O–H groups in total. The molecule has 0 spiro atoms. The van der Waals surface area contributed by atoms with Gasteiger partial charge in [-0.3, -0.25) is 5.10 Å². The van der Waals surface area contributed by atoms with Crippen LogP contribution in [0.25, 0.3) is 10.9 Å². The molecule has 0 unspecified atom stereocenters. The molecule has 3 heteroatoms. The standard InChI is InChI=1S/C9H9BrN2.C2H6/c1-5-3-9-7(4-8(5)10)6(2)11-12-9;1-2/h3-4H,1-2H3,(H,11,12);1-2H3. The maximum Gasteiger partial charge on any atom is 0.0927 e. The summed E-state index contributed by atoms with van der Waals surface area (Å²) in [6.07, 6.45) is 0. The summed E-state index contributed by atoms with van der Waals surface area (Å²) in [6, 6.07) is 4.17. The number of hydrogen-bond acceptors (Lipinski definition) is 1. The molecule has 0 aliphatic rings. The van der Waals surface area contributed by atoms with Crippen molar-refractivity contribution < 1.29 is 0 Å². The van der Waals surface area contributed by atoms with Gasteiger partial charge in [-0.15, -0.1) is 0 Å². The van der Waals surface area contributed by atoms with Gasteiger partial charge in [-0.25, -0.2) is 0 Å². The van der Waals surface area contributed by atoms with E-state index < -0.39 is 0 Å². The van der Waals surface area contributed by atoms with E-state index in [2.05, 4.69) is 45.2 Å². The Kier molecular flexibility index (Phi) is 3.69. The lowest BCUT2D eigenvalue weighted by Crippen LogP contribution is -1.76. The van der Waals surface area contributed by atoms with Crippen molar-refractivity contribution in [2.24, 2.45) is 0 Å². The number of aromatic amines is 1. The van der Waals surface area contributed by atoms with Crippen molar-refractivity contribution in [2.75, 3.05) is 0 Å². The first-order valence-corrected chi connectivity index (χ1v) is 5.58. The molecule has 76 valence electrons. The highest BCUT2D eigenvalue weighted by molar-refractivity contribution is 9.10. The number of H-pyrrole nitrogens is 1. The highest BCUT2D eigenvalue weighted by Crippen LogP contribution is 2.24. The topological polar surface area (TPSA) is 28.7 Å². The minimum Gasteiger partial charge on any atom is -0.282 e. The van der Waals surface area contributed by atoms with Gasteiger partial charge >= 0.3 is 0 Å². The number of aryl methyl sites for hydroxylation is 2. The summed E-state index contributed by atoms with van der Waals surface area (Å²) in [5.41, 5.74) is 3.37. The molecule has 2 aromatic rings. The van der Waals surface area contributed by atoms with Crippen LogP contribution in [0.5, 0.6) is 0 Å². The van der Waals surface area contributed by atoms with Crippen LogP contribution in [0.4, 0.5) is 0 Å². The van der Waals surface area contributed by atoms with Crippen LogP contribution in [0.2, 0.25) is 0 Å². The van der Waals surface area contributed by atoms with Crippen molar-refractivity contribution >= 4 is 26.8 Å². The Balaban J connectivity index is 0.000000461. The zero-order chi connectivity index (χ0) is 10.7. The van der Waals surface area contributed by atoms with Crippen LogP contribution in [0.15, 0.2) is 16.6 Å². The van der Waals surface area contributed by atoms with Crippen molar-refractivity contribution in [2.45, 2.75) is 27.7 Å². The molecule has 1 heterocycles. The Bertz CT molecular complexity index is 432. The van der Waals surface area contributed by atoms with Gasteiger partial charge in [-0.1, -0.05) is 29.8 Å². The molecule has 1 aromatic carbocycles. The predicted octanol–water partition coefficient (Wildman–Crippen LogP) is 3.97. The number of benzene rings is 1. The molecule has 0 aliphatic carbocycles. The summed E-state index contributed by atoms with van der Waals surface area (Å²) in [7, 11) is 0. The van der Waals surface area contributed by atoms with Gasteiger partial charge in [-0.2, -0.15) is 5.10 Å². The molecule has 0 fully saturated rings. The van der Waals surface area contributed by atoms with Crippen molar-refractivity contribution in [1.29, 1.82) is 0 Å². The SMILES string of the molecule is CC.Cc1cc2n[nH]c(C)c2cc1Br. The van der Waals surface area contributed by atoms with E-state index in [-0.39, 0.29) is 0 Å². The van der Waals surface area contributed by atoms with Gasteiger partial charge in [0.25, 0.3) is 0 Å². The summed E-state index contributed by atoms with van der Waals surface area (Å²) in [5.74, 6) is 0. The second-order valence-corrected chi connectivity index (χ2v) is 3.82. The summed E-state index contributed by atoms with van der Waals surface area (Å²) in [5, 5.41) is 8.32. The molecule has 2 nitrogen and oxygen atoms in total.